The summed E-state index contributed by atoms with van der Waals surface area (Å²) in [7, 11) is 0. The first-order chi connectivity index (χ1) is 9.55. The summed E-state index contributed by atoms with van der Waals surface area (Å²) in [6.45, 7) is 6.48. The number of nitro benzene ring substituents is 1. The molecule has 108 valence electrons. The Morgan fingerprint density at radius 2 is 2.10 bits per heavy atom. The van der Waals surface area contributed by atoms with Crippen molar-refractivity contribution in [2.45, 2.75) is 39.7 Å². The predicted molar refractivity (Wildman–Crippen MR) is 79.9 cm³/mol. The van der Waals surface area contributed by atoms with Gasteiger partial charge in [0.15, 0.2) is 0 Å². The van der Waals surface area contributed by atoms with Gasteiger partial charge in [0.2, 0.25) is 5.95 Å². The van der Waals surface area contributed by atoms with Gasteiger partial charge < -0.3 is 10.3 Å². The molecule has 20 heavy (non-hydrogen) atoms. The summed E-state index contributed by atoms with van der Waals surface area (Å²) in [5.74, 6) is 1.25. The summed E-state index contributed by atoms with van der Waals surface area (Å²) in [6.07, 6.45) is 2.22. The smallest absolute Gasteiger partial charge is 0.271 e. The number of nitro groups is 1. The quantitative estimate of drug-likeness (QED) is 0.622. The van der Waals surface area contributed by atoms with Crippen LogP contribution in [0.25, 0.3) is 11.0 Å². The van der Waals surface area contributed by atoms with Crippen LogP contribution < -0.4 is 5.32 Å². The van der Waals surface area contributed by atoms with Crippen molar-refractivity contribution in [2.24, 2.45) is 5.92 Å². The second kappa shape index (κ2) is 5.90. The molecule has 0 spiro atoms. The number of rotatable bonds is 6. The Labute approximate surface area is 117 Å². The first-order valence-electron chi connectivity index (χ1n) is 6.95. The second-order valence-corrected chi connectivity index (χ2v) is 5.05. The summed E-state index contributed by atoms with van der Waals surface area (Å²) >= 11 is 0. The van der Waals surface area contributed by atoms with E-state index in [-0.39, 0.29) is 5.69 Å². The van der Waals surface area contributed by atoms with Gasteiger partial charge in [-0.2, -0.15) is 0 Å². The van der Waals surface area contributed by atoms with E-state index in [1.54, 1.807) is 6.07 Å². The molecule has 1 atom stereocenters. The van der Waals surface area contributed by atoms with Crippen LogP contribution in [-0.4, -0.2) is 20.9 Å². The van der Waals surface area contributed by atoms with Gasteiger partial charge in [-0.1, -0.05) is 26.7 Å². The number of anilines is 1. The van der Waals surface area contributed by atoms with E-state index in [0.717, 1.165) is 18.4 Å². The van der Waals surface area contributed by atoms with E-state index >= 15 is 0 Å². The van der Waals surface area contributed by atoms with Gasteiger partial charge in [0, 0.05) is 18.2 Å². The maximum Gasteiger partial charge on any atom is 0.271 e. The Hall–Kier alpha value is -2.11. The third-order valence-electron chi connectivity index (χ3n) is 3.80. The van der Waals surface area contributed by atoms with Crippen molar-refractivity contribution < 1.29 is 4.92 Å². The Balaban J connectivity index is 2.21. The number of non-ortho nitro benzene ring substituents is 1. The van der Waals surface area contributed by atoms with Gasteiger partial charge in [0.05, 0.1) is 16.0 Å². The molecule has 0 bridgehead atoms. The summed E-state index contributed by atoms with van der Waals surface area (Å²) in [5, 5.41) is 14.1. The van der Waals surface area contributed by atoms with Crippen molar-refractivity contribution in [2.75, 3.05) is 5.32 Å². The van der Waals surface area contributed by atoms with Crippen LogP contribution in [0, 0.1) is 16.0 Å². The van der Waals surface area contributed by atoms with Gasteiger partial charge >= 0.3 is 0 Å². The topological polar surface area (TPSA) is 83.8 Å². The summed E-state index contributed by atoms with van der Waals surface area (Å²) in [4.78, 5) is 17.9. The Morgan fingerprint density at radius 3 is 2.70 bits per heavy atom. The molecule has 1 heterocycles. The Morgan fingerprint density at radius 1 is 1.40 bits per heavy atom. The molecular weight excluding hydrogens is 256 g/mol. The monoisotopic (exact) mass is 276 g/mol. The number of imidazole rings is 1. The van der Waals surface area contributed by atoms with E-state index < -0.39 is 4.92 Å². The molecule has 0 aliphatic rings. The van der Waals surface area contributed by atoms with Crippen LogP contribution in [0.2, 0.25) is 0 Å². The third kappa shape index (κ3) is 2.89. The van der Waals surface area contributed by atoms with Crippen molar-refractivity contribution >= 4 is 22.7 Å². The van der Waals surface area contributed by atoms with Gasteiger partial charge in [-0.05, 0) is 18.9 Å². The van der Waals surface area contributed by atoms with Gasteiger partial charge in [0.25, 0.3) is 5.69 Å². The van der Waals surface area contributed by atoms with E-state index in [0.29, 0.717) is 23.4 Å². The number of H-pyrrole nitrogens is 1. The molecule has 0 radical (unpaired) electrons. The van der Waals surface area contributed by atoms with Crippen LogP contribution in [-0.2, 0) is 0 Å². The van der Waals surface area contributed by atoms with E-state index in [4.69, 9.17) is 0 Å². The SMILES string of the molecule is CCC(CC)C(C)Nc1nc2ccc([N+](=O)[O-])cc2[nH]1. The number of hydrogen-bond acceptors (Lipinski definition) is 4. The molecule has 0 saturated heterocycles. The zero-order valence-corrected chi connectivity index (χ0v) is 12.0. The van der Waals surface area contributed by atoms with Crippen molar-refractivity contribution in [1.82, 2.24) is 9.97 Å². The minimum atomic E-state index is -0.403. The van der Waals surface area contributed by atoms with Gasteiger partial charge in [0.1, 0.15) is 0 Å². The van der Waals surface area contributed by atoms with Crippen LogP contribution in [0.3, 0.4) is 0 Å². The zero-order chi connectivity index (χ0) is 14.7. The second-order valence-electron chi connectivity index (χ2n) is 5.05. The number of hydrogen-bond donors (Lipinski definition) is 2. The standard InChI is InChI=1S/C14H20N4O2/c1-4-10(5-2)9(3)15-14-16-12-7-6-11(18(19)20)8-13(12)17-14/h6-10H,4-5H2,1-3H3,(H2,15,16,17). The average Bonchev–Trinajstić information content (AvgIpc) is 2.80. The van der Waals surface area contributed by atoms with Crippen LogP contribution >= 0.6 is 0 Å². The molecule has 6 nitrogen and oxygen atoms in total. The van der Waals surface area contributed by atoms with E-state index in [1.165, 1.54) is 12.1 Å². The van der Waals surface area contributed by atoms with Crippen LogP contribution in [0.5, 0.6) is 0 Å². The number of benzene rings is 1. The van der Waals surface area contributed by atoms with Crippen molar-refractivity contribution in [3.63, 3.8) is 0 Å². The van der Waals surface area contributed by atoms with Crippen molar-refractivity contribution in [1.29, 1.82) is 0 Å². The minimum Gasteiger partial charge on any atom is -0.353 e. The van der Waals surface area contributed by atoms with E-state index in [2.05, 4.69) is 36.1 Å². The van der Waals surface area contributed by atoms with Crippen LogP contribution in [0.15, 0.2) is 18.2 Å². The number of nitrogens with one attached hydrogen (secondary N) is 2. The summed E-state index contributed by atoms with van der Waals surface area (Å²) in [6, 6.07) is 4.95. The van der Waals surface area contributed by atoms with Crippen LogP contribution in [0.4, 0.5) is 11.6 Å². The number of aromatic amines is 1. The maximum atomic E-state index is 10.8. The van der Waals surface area contributed by atoms with Gasteiger partial charge in [-0.25, -0.2) is 4.98 Å². The highest BCUT2D eigenvalue weighted by molar-refractivity contribution is 5.79. The molecule has 2 rings (SSSR count). The molecule has 0 aliphatic heterocycles. The molecule has 0 saturated carbocycles. The molecule has 1 aromatic carbocycles. The molecule has 6 heteroatoms. The highest BCUT2D eigenvalue weighted by Gasteiger charge is 2.15. The predicted octanol–water partition coefficient (Wildman–Crippen LogP) is 3.71. The highest BCUT2D eigenvalue weighted by atomic mass is 16.6. The fourth-order valence-corrected chi connectivity index (χ4v) is 2.51. The largest absolute Gasteiger partial charge is 0.353 e. The molecule has 2 N–H and O–H groups in total. The lowest BCUT2D eigenvalue weighted by Crippen LogP contribution is -2.25. The number of fused-ring (bicyclic) bond motifs is 1. The van der Waals surface area contributed by atoms with Crippen molar-refractivity contribution in [3.8, 4) is 0 Å². The molecule has 0 aliphatic carbocycles. The lowest BCUT2D eigenvalue weighted by molar-refractivity contribution is -0.384. The normalized spacial score (nSPS) is 12.8. The fraction of sp³-hybridized carbons (Fsp3) is 0.500. The molecular formula is C14H20N4O2. The molecule has 2 aromatic rings. The molecule has 1 unspecified atom stereocenters. The Kier molecular flexibility index (Phi) is 4.22. The lowest BCUT2D eigenvalue weighted by atomic mass is 9.96. The summed E-state index contributed by atoms with van der Waals surface area (Å²) < 4.78 is 0. The van der Waals surface area contributed by atoms with Crippen LogP contribution in [0.1, 0.15) is 33.6 Å². The first-order valence-corrected chi connectivity index (χ1v) is 6.95. The minimum absolute atomic E-state index is 0.0701. The lowest BCUT2D eigenvalue weighted by Gasteiger charge is -2.21. The zero-order valence-electron chi connectivity index (χ0n) is 12.0. The number of nitrogens with zero attached hydrogens (tertiary/aromatic N) is 2. The summed E-state index contributed by atoms with van der Waals surface area (Å²) in [5.41, 5.74) is 1.48. The highest BCUT2D eigenvalue weighted by Crippen LogP contribution is 2.22. The van der Waals surface area contributed by atoms with E-state index in [9.17, 15) is 10.1 Å². The molecule has 1 aromatic heterocycles. The van der Waals surface area contributed by atoms with E-state index in [1.807, 2.05) is 0 Å². The number of aromatic nitrogens is 2. The first kappa shape index (κ1) is 14.3. The molecule has 0 fully saturated rings. The molecule has 0 amide bonds. The van der Waals surface area contributed by atoms with Gasteiger partial charge in [-0.15, -0.1) is 0 Å². The average molecular weight is 276 g/mol. The maximum absolute atomic E-state index is 10.8. The Bertz CT molecular complexity index is 604. The van der Waals surface area contributed by atoms with Gasteiger partial charge in [-0.3, -0.25) is 10.1 Å². The fourth-order valence-electron chi connectivity index (χ4n) is 2.51. The van der Waals surface area contributed by atoms with Crippen molar-refractivity contribution in [3.05, 3.63) is 28.3 Å². The third-order valence-corrected chi connectivity index (χ3v) is 3.80.